The molecule has 35 heavy (non-hydrogen) atoms. The lowest BCUT2D eigenvalue weighted by Gasteiger charge is -2.65. The number of carboxylic acid groups (broad SMARTS) is 1. The molecule has 5 rings (SSSR count). The van der Waals surface area contributed by atoms with E-state index in [9.17, 15) is 19.5 Å². The number of aliphatic carboxylic acids is 1. The zero-order chi connectivity index (χ0) is 25.3. The summed E-state index contributed by atoms with van der Waals surface area (Å²) in [5, 5.41) is 13.1. The summed E-state index contributed by atoms with van der Waals surface area (Å²) in [4.78, 5) is 37.3. The molecule has 5 aliphatic rings. The molecular weight excluding hydrogens is 440 g/mol. The van der Waals surface area contributed by atoms with Crippen LogP contribution in [0.15, 0.2) is 11.6 Å². The molecular formula is C29H44N2O4. The van der Waals surface area contributed by atoms with Crippen LogP contribution in [0, 0.1) is 51.8 Å². The van der Waals surface area contributed by atoms with Crippen LogP contribution in [0.2, 0.25) is 0 Å². The topological polar surface area (TPSA) is 109 Å². The number of hydrogen-bond acceptors (Lipinski definition) is 4. The summed E-state index contributed by atoms with van der Waals surface area (Å²) in [6.45, 7) is 9.59. The molecule has 0 spiro atoms. The van der Waals surface area contributed by atoms with E-state index < -0.39 is 5.97 Å². The van der Waals surface area contributed by atoms with Gasteiger partial charge in [0, 0.05) is 12.0 Å². The van der Waals surface area contributed by atoms with Crippen molar-refractivity contribution in [3.63, 3.8) is 0 Å². The van der Waals surface area contributed by atoms with Gasteiger partial charge in [-0.1, -0.05) is 33.3 Å². The molecule has 0 saturated heterocycles. The molecule has 4 saturated carbocycles. The van der Waals surface area contributed by atoms with Crippen LogP contribution in [0.3, 0.4) is 0 Å². The van der Waals surface area contributed by atoms with Gasteiger partial charge in [0.15, 0.2) is 5.78 Å². The Bertz CT molecular complexity index is 960. The second-order valence-electron chi connectivity index (χ2n) is 13.6. The van der Waals surface area contributed by atoms with Crippen molar-refractivity contribution in [3.8, 4) is 0 Å². The maximum atomic E-state index is 14.1. The maximum absolute atomic E-state index is 14.1. The number of carboxylic acids is 1. The van der Waals surface area contributed by atoms with Gasteiger partial charge in [0.05, 0.1) is 12.5 Å². The molecule has 10 atom stereocenters. The minimum atomic E-state index is -0.676. The fourth-order valence-electron chi connectivity index (χ4n) is 10.1. The third kappa shape index (κ3) is 3.72. The third-order valence-electron chi connectivity index (χ3n) is 11.9. The highest BCUT2D eigenvalue weighted by molar-refractivity contribution is 5.95. The highest BCUT2D eigenvalue weighted by Crippen LogP contribution is 2.69. The van der Waals surface area contributed by atoms with E-state index in [4.69, 9.17) is 5.73 Å². The minimum absolute atomic E-state index is 0.0188. The molecule has 194 valence electrons. The van der Waals surface area contributed by atoms with E-state index in [1.165, 1.54) is 5.57 Å². The lowest BCUT2D eigenvalue weighted by molar-refractivity contribution is -0.161. The van der Waals surface area contributed by atoms with Crippen LogP contribution < -0.4 is 11.1 Å². The Morgan fingerprint density at radius 1 is 1.03 bits per heavy atom. The number of nitrogens with one attached hydrogen (secondary N) is 1. The van der Waals surface area contributed by atoms with Gasteiger partial charge in [0.1, 0.15) is 0 Å². The number of rotatable bonds is 4. The second kappa shape index (κ2) is 8.43. The minimum Gasteiger partial charge on any atom is -0.481 e. The maximum Gasteiger partial charge on any atom is 0.306 e. The van der Waals surface area contributed by atoms with E-state index in [1.807, 2.05) is 6.08 Å². The van der Waals surface area contributed by atoms with Crippen molar-refractivity contribution < 1.29 is 19.5 Å². The number of primary amides is 1. The van der Waals surface area contributed by atoms with Crippen molar-refractivity contribution in [3.05, 3.63) is 11.6 Å². The first-order valence-corrected chi connectivity index (χ1v) is 13.9. The predicted molar refractivity (Wildman–Crippen MR) is 134 cm³/mol. The van der Waals surface area contributed by atoms with Gasteiger partial charge in [-0.25, -0.2) is 0 Å². The standard InChI is InChI=1S/C29H44N2O4/c1-16-19-7-11-29(4)20-6-10-27(2)9-5-17(26(34)35)13-21(27)18(20)14-23(32)25(29)28(19,3)12-8-22(16)31-15-24(30)33/h14,16-17,19-22,25,31H,5-13,15H2,1-4H3,(H2,30,33)(H,34,35). The number of hydrogen-bond donors (Lipinski definition) is 3. The average molecular weight is 485 g/mol. The van der Waals surface area contributed by atoms with E-state index in [-0.39, 0.29) is 52.5 Å². The highest BCUT2D eigenvalue weighted by atomic mass is 16.4. The van der Waals surface area contributed by atoms with E-state index >= 15 is 0 Å². The van der Waals surface area contributed by atoms with Gasteiger partial charge in [-0.2, -0.15) is 0 Å². The lowest BCUT2D eigenvalue weighted by Crippen LogP contribution is -2.63. The molecule has 6 heteroatoms. The van der Waals surface area contributed by atoms with Crippen molar-refractivity contribution >= 4 is 17.7 Å². The highest BCUT2D eigenvalue weighted by Gasteiger charge is 2.64. The van der Waals surface area contributed by atoms with Crippen molar-refractivity contribution in [1.82, 2.24) is 5.32 Å². The number of carbonyl (C=O) groups excluding carboxylic acids is 2. The van der Waals surface area contributed by atoms with Crippen LogP contribution >= 0.6 is 0 Å². The van der Waals surface area contributed by atoms with E-state index in [1.54, 1.807) is 0 Å². The van der Waals surface area contributed by atoms with Gasteiger partial charge in [0.2, 0.25) is 5.91 Å². The molecule has 0 radical (unpaired) electrons. The SMILES string of the molecule is CC1C(NCC(N)=O)CCC2(C)C1CCC1(C)C3CCC4(C)CCC(C(=O)O)CC4C3=CC(=O)C12. The Morgan fingerprint density at radius 3 is 2.40 bits per heavy atom. The van der Waals surface area contributed by atoms with Crippen LogP contribution in [-0.4, -0.2) is 35.4 Å². The third-order valence-corrected chi connectivity index (χ3v) is 11.9. The number of nitrogens with two attached hydrogens (primary N) is 1. The van der Waals surface area contributed by atoms with Gasteiger partial charge in [-0.05, 0) is 104 Å². The molecule has 4 N–H and O–H groups in total. The van der Waals surface area contributed by atoms with E-state index in [2.05, 4.69) is 33.0 Å². The summed E-state index contributed by atoms with van der Waals surface area (Å²) in [5.41, 5.74) is 6.70. The average Bonchev–Trinajstić information content (AvgIpc) is 2.77. The zero-order valence-corrected chi connectivity index (χ0v) is 21.9. The number of allylic oxidation sites excluding steroid dienone is 2. The van der Waals surface area contributed by atoms with Crippen LogP contribution in [-0.2, 0) is 14.4 Å². The Morgan fingerprint density at radius 2 is 1.71 bits per heavy atom. The molecule has 0 aliphatic heterocycles. The summed E-state index contributed by atoms with van der Waals surface area (Å²) < 4.78 is 0. The fraction of sp³-hybridized carbons (Fsp3) is 0.828. The molecule has 0 aromatic rings. The summed E-state index contributed by atoms with van der Waals surface area (Å²) in [6, 6.07) is 0.264. The molecule has 10 unspecified atom stereocenters. The summed E-state index contributed by atoms with van der Waals surface area (Å²) >= 11 is 0. The normalized spacial score (nSPS) is 49.1. The van der Waals surface area contributed by atoms with Gasteiger partial charge >= 0.3 is 5.97 Å². The van der Waals surface area contributed by atoms with E-state index in [0.29, 0.717) is 30.0 Å². The van der Waals surface area contributed by atoms with Gasteiger partial charge in [0.25, 0.3) is 0 Å². The van der Waals surface area contributed by atoms with Gasteiger partial charge in [-0.15, -0.1) is 0 Å². The first-order chi connectivity index (χ1) is 16.4. The van der Waals surface area contributed by atoms with Crippen LogP contribution in [0.4, 0.5) is 0 Å². The van der Waals surface area contributed by atoms with Crippen LogP contribution in [0.25, 0.3) is 0 Å². The van der Waals surface area contributed by atoms with Crippen LogP contribution in [0.1, 0.15) is 85.5 Å². The lowest BCUT2D eigenvalue weighted by atomic mass is 9.38. The van der Waals surface area contributed by atoms with Crippen molar-refractivity contribution in [2.75, 3.05) is 6.54 Å². The number of fused-ring (bicyclic) bond motifs is 7. The summed E-state index contributed by atoms with van der Waals surface area (Å²) in [6.07, 6.45) is 10.8. The Balaban J connectivity index is 1.47. The largest absolute Gasteiger partial charge is 0.481 e. The Labute approximate surface area is 209 Å². The van der Waals surface area contributed by atoms with Crippen molar-refractivity contribution in [1.29, 1.82) is 0 Å². The molecule has 0 bridgehead atoms. The van der Waals surface area contributed by atoms with Gasteiger partial charge < -0.3 is 16.2 Å². The molecule has 0 aromatic carbocycles. The smallest absolute Gasteiger partial charge is 0.306 e. The quantitative estimate of drug-likeness (QED) is 0.550. The van der Waals surface area contributed by atoms with Crippen LogP contribution in [0.5, 0.6) is 0 Å². The molecule has 4 fully saturated rings. The fourth-order valence-corrected chi connectivity index (χ4v) is 10.1. The monoisotopic (exact) mass is 484 g/mol. The van der Waals surface area contributed by atoms with Crippen molar-refractivity contribution in [2.45, 2.75) is 91.5 Å². The van der Waals surface area contributed by atoms with E-state index in [0.717, 1.165) is 51.4 Å². The Hall–Kier alpha value is -1.69. The second-order valence-corrected chi connectivity index (χ2v) is 13.6. The number of carbonyl (C=O) groups is 3. The first kappa shape index (κ1) is 25.0. The molecule has 0 aromatic heterocycles. The zero-order valence-electron chi connectivity index (χ0n) is 21.9. The summed E-state index contributed by atoms with van der Waals surface area (Å²) in [7, 11) is 0. The first-order valence-electron chi connectivity index (χ1n) is 13.9. The molecule has 5 aliphatic carbocycles. The number of amides is 1. The molecule has 0 heterocycles. The Kier molecular flexibility index (Phi) is 6.01. The van der Waals surface area contributed by atoms with Gasteiger partial charge in [-0.3, -0.25) is 14.4 Å². The summed E-state index contributed by atoms with van der Waals surface area (Å²) in [5.74, 6) is 0.465. The molecule has 1 amide bonds. The predicted octanol–water partition coefficient (Wildman–Crippen LogP) is 4.32. The van der Waals surface area contributed by atoms with Crippen molar-refractivity contribution in [2.24, 2.45) is 57.5 Å². The molecule has 6 nitrogen and oxygen atoms in total. The number of ketones is 1.